The van der Waals surface area contributed by atoms with Gasteiger partial charge in [-0.25, -0.2) is 8.42 Å². The Kier molecular flexibility index (Phi) is 4.49. The first kappa shape index (κ1) is 18.0. The van der Waals surface area contributed by atoms with E-state index in [0.717, 1.165) is 24.3 Å². The predicted molar refractivity (Wildman–Crippen MR) is 90.9 cm³/mol. The molecule has 1 aromatic heterocycles. The molecule has 3 aromatic rings. The van der Waals surface area contributed by atoms with Gasteiger partial charge in [-0.15, -0.1) is 0 Å². The molecule has 1 N–H and O–H groups in total. The Bertz CT molecular complexity index is 1010. The molecular formula is C17H14F3N3O2S. The molecule has 0 atom stereocenters. The third-order valence-corrected chi connectivity index (χ3v) is 4.98. The molecule has 5 nitrogen and oxygen atoms in total. The second-order valence-corrected chi connectivity index (χ2v) is 7.21. The number of nitrogens with zero attached hydrogens (tertiary/aromatic N) is 2. The van der Waals surface area contributed by atoms with Crippen LogP contribution in [0.3, 0.4) is 0 Å². The van der Waals surface area contributed by atoms with Crippen molar-refractivity contribution in [2.24, 2.45) is 7.05 Å². The van der Waals surface area contributed by atoms with Gasteiger partial charge >= 0.3 is 6.18 Å². The van der Waals surface area contributed by atoms with Crippen LogP contribution in [0.15, 0.2) is 65.7 Å². The van der Waals surface area contributed by atoms with Crippen LogP contribution in [0.5, 0.6) is 0 Å². The van der Waals surface area contributed by atoms with Crippen molar-refractivity contribution in [3.8, 4) is 11.3 Å². The van der Waals surface area contributed by atoms with Gasteiger partial charge in [0.15, 0.2) is 0 Å². The molecule has 9 heteroatoms. The van der Waals surface area contributed by atoms with Crippen LogP contribution in [-0.2, 0) is 23.2 Å². The van der Waals surface area contributed by atoms with Crippen LogP contribution in [0.4, 0.5) is 18.9 Å². The van der Waals surface area contributed by atoms with Crippen molar-refractivity contribution >= 4 is 15.7 Å². The van der Waals surface area contributed by atoms with Gasteiger partial charge in [-0.2, -0.15) is 18.3 Å². The molecule has 0 amide bonds. The van der Waals surface area contributed by atoms with E-state index in [-0.39, 0.29) is 16.3 Å². The molecule has 2 aromatic carbocycles. The van der Waals surface area contributed by atoms with Crippen molar-refractivity contribution in [2.45, 2.75) is 11.1 Å². The second kappa shape index (κ2) is 6.49. The summed E-state index contributed by atoms with van der Waals surface area (Å²) in [6, 6.07) is 12.5. The average Bonchev–Trinajstić information content (AvgIpc) is 2.98. The van der Waals surface area contributed by atoms with Crippen LogP contribution >= 0.6 is 0 Å². The number of anilines is 1. The molecule has 0 spiro atoms. The van der Waals surface area contributed by atoms with E-state index in [2.05, 4.69) is 9.82 Å². The molecule has 0 unspecified atom stereocenters. The molecule has 0 saturated carbocycles. The monoisotopic (exact) mass is 381 g/mol. The Morgan fingerprint density at radius 2 is 1.62 bits per heavy atom. The second-order valence-electron chi connectivity index (χ2n) is 5.56. The lowest BCUT2D eigenvalue weighted by Gasteiger charge is -2.10. The molecule has 0 bridgehead atoms. The summed E-state index contributed by atoms with van der Waals surface area (Å²) < 4.78 is 66.9. The zero-order valence-electron chi connectivity index (χ0n) is 13.5. The lowest BCUT2D eigenvalue weighted by molar-refractivity contribution is -0.137. The summed E-state index contributed by atoms with van der Waals surface area (Å²) >= 11 is 0. The van der Waals surface area contributed by atoms with Crippen LogP contribution in [0.1, 0.15) is 5.56 Å². The summed E-state index contributed by atoms with van der Waals surface area (Å²) in [5, 5.41) is 4.18. The van der Waals surface area contributed by atoms with Crippen LogP contribution in [0.25, 0.3) is 11.3 Å². The minimum absolute atomic E-state index is 0.0286. The van der Waals surface area contributed by atoms with Gasteiger partial charge in [0.2, 0.25) is 0 Å². The summed E-state index contributed by atoms with van der Waals surface area (Å²) in [6.45, 7) is 0. The third-order valence-electron chi connectivity index (χ3n) is 3.60. The highest BCUT2D eigenvalue weighted by Crippen LogP contribution is 2.31. The van der Waals surface area contributed by atoms with Crippen LogP contribution in [0.2, 0.25) is 0 Å². The topological polar surface area (TPSA) is 64.0 Å². The fraction of sp³-hybridized carbons (Fsp3) is 0.118. The Balaban J connectivity index is 1.95. The fourth-order valence-corrected chi connectivity index (χ4v) is 3.66. The number of sulfonamides is 1. The zero-order valence-corrected chi connectivity index (χ0v) is 14.3. The molecule has 0 saturated heterocycles. The molecular weight excluding hydrogens is 367 g/mol. The fourth-order valence-electron chi connectivity index (χ4n) is 2.40. The van der Waals surface area contributed by atoms with Crippen LogP contribution in [0, 0.1) is 0 Å². The zero-order chi connectivity index (χ0) is 18.9. The summed E-state index contributed by atoms with van der Waals surface area (Å²) in [7, 11) is -2.45. The number of hydrogen-bond acceptors (Lipinski definition) is 3. The summed E-state index contributed by atoms with van der Waals surface area (Å²) in [4.78, 5) is -0.0638. The standard InChI is InChI=1S/C17H14F3N3O2S/c1-23-11-15(16(21-23)12-5-3-2-4-6-12)26(24,25)22-14-9-7-13(8-10-14)17(18,19)20/h2-11,22H,1H3. The van der Waals surface area contributed by atoms with Crippen molar-refractivity contribution in [2.75, 3.05) is 4.72 Å². The van der Waals surface area contributed by atoms with E-state index in [1.807, 2.05) is 0 Å². The lowest BCUT2D eigenvalue weighted by Crippen LogP contribution is -2.13. The highest BCUT2D eigenvalue weighted by atomic mass is 32.2. The van der Waals surface area contributed by atoms with E-state index in [9.17, 15) is 21.6 Å². The minimum Gasteiger partial charge on any atom is -0.280 e. The Morgan fingerprint density at radius 3 is 2.19 bits per heavy atom. The first-order chi connectivity index (χ1) is 12.2. The highest BCUT2D eigenvalue weighted by Gasteiger charge is 2.30. The van der Waals surface area contributed by atoms with Crippen molar-refractivity contribution in [3.05, 3.63) is 66.4 Å². The largest absolute Gasteiger partial charge is 0.416 e. The summed E-state index contributed by atoms with van der Waals surface area (Å²) in [5.74, 6) is 0. The Morgan fingerprint density at radius 1 is 1.00 bits per heavy atom. The number of benzene rings is 2. The Hall–Kier alpha value is -2.81. The molecule has 0 radical (unpaired) electrons. The van der Waals surface area contributed by atoms with E-state index < -0.39 is 21.8 Å². The van der Waals surface area contributed by atoms with Crippen LogP contribution < -0.4 is 4.72 Å². The quantitative estimate of drug-likeness (QED) is 0.745. The summed E-state index contributed by atoms with van der Waals surface area (Å²) in [6.07, 6.45) is -3.14. The van der Waals surface area contributed by atoms with Gasteiger partial charge in [-0.05, 0) is 24.3 Å². The first-order valence-corrected chi connectivity index (χ1v) is 8.94. The van der Waals surface area contributed by atoms with Crippen LogP contribution in [-0.4, -0.2) is 18.2 Å². The molecule has 26 heavy (non-hydrogen) atoms. The number of hydrogen-bond donors (Lipinski definition) is 1. The first-order valence-electron chi connectivity index (χ1n) is 7.46. The lowest BCUT2D eigenvalue weighted by atomic mass is 10.2. The molecule has 3 rings (SSSR count). The predicted octanol–water partition coefficient (Wildman–Crippen LogP) is 3.91. The van der Waals surface area contributed by atoms with E-state index in [1.54, 1.807) is 37.4 Å². The number of halogens is 3. The Labute approximate surface area is 148 Å². The molecule has 0 aliphatic heterocycles. The molecule has 0 fully saturated rings. The maximum absolute atomic E-state index is 12.7. The number of aromatic nitrogens is 2. The van der Waals surface area contributed by atoms with Gasteiger partial charge < -0.3 is 0 Å². The SMILES string of the molecule is Cn1cc(S(=O)(=O)Nc2ccc(C(F)(F)F)cc2)c(-c2ccccc2)n1. The maximum Gasteiger partial charge on any atom is 0.416 e. The molecule has 0 aliphatic carbocycles. The van der Waals surface area contributed by atoms with Crippen molar-refractivity contribution in [1.29, 1.82) is 0 Å². The van der Waals surface area contributed by atoms with Crippen molar-refractivity contribution in [3.63, 3.8) is 0 Å². The van der Waals surface area contributed by atoms with Gasteiger partial charge in [-0.1, -0.05) is 30.3 Å². The third kappa shape index (κ3) is 3.72. The summed E-state index contributed by atoms with van der Waals surface area (Å²) in [5.41, 5.74) is 0.0427. The van der Waals surface area contributed by atoms with Gasteiger partial charge in [0.1, 0.15) is 10.6 Å². The van der Waals surface area contributed by atoms with Crippen molar-refractivity contribution < 1.29 is 21.6 Å². The minimum atomic E-state index is -4.48. The van der Waals surface area contributed by atoms with Gasteiger partial charge in [-0.3, -0.25) is 9.40 Å². The number of rotatable bonds is 4. The van der Waals surface area contributed by atoms with E-state index >= 15 is 0 Å². The maximum atomic E-state index is 12.7. The number of aryl methyl sites for hydroxylation is 1. The van der Waals surface area contributed by atoms with Gasteiger partial charge in [0, 0.05) is 24.5 Å². The normalized spacial score (nSPS) is 12.2. The van der Waals surface area contributed by atoms with Crippen molar-refractivity contribution in [1.82, 2.24) is 9.78 Å². The number of nitrogens with one attached hydrogen (secondary N) is 1. The molecule has 136 valence electrons. The average molecular weight is 381 g/mol. The number of alkyl halides is 3. The smallest absolute Gasteiger partial charge is 0.280 e. The van der Waals surface area contributed by atoms with Gasteiger partial charge in [0.25, 0.3) is 10.0 Å². The van der Waals surface area contributed by atoms with E-state index in [4.69, 9.17) is 0 Å². The van der Waals surface area contributed by atoms with E-state index in [1.165, 1.54) is 10.9 Å². The van der Waals surface area contributed by atoms with E-state index in [0.29, 0.717) is 5.56 Å². The van der Waals surface area contributed by atoms with Gasteiger partial charge in [0.05, 0.1) is 5.56 Å². The highest BCUT2D eigenvalue weighted by molar-refractivity contribution is 7.92. The molecule has 0 aliphatic rings. The molecule has 1 heterocycles.